The first-order chi connectivity index (χ1) is 18.9. The van der Waals surface area contributed by atoms with Crippen molar-refractivity contribution in [3.8, 4) is 5.75 Å². The Balaban J connectivity index is 1.40. The molecule has 0 unspecified atom stereocenters. The summed E-state index contributed by atoms with van der Waals surface area (Å²) in [6, 6.07) is 11.3. The average molecular weight is 566 g/mol. The summed E-state index contributed by atoms with van der Waals surface area (Å²) in [5.41, 5.74) is 2.51. The molecule has 204 valence electrons. The van der Waals surface area contributed by atoms with Crippen molar-refractivity contribution in [1.29, 1.82) is 0 Å². The highest BCUT2D eigenvalue weighted by molar-refractivity contribution is 8.26. The zero-order valence-electron chi connectivity index (χ0n) is 22.0. The van der Waals surface area contributed by atoms with Crippen LogP contribution in [0.15, 0.2) is 52.3 Å². The zero-order chi connectivity index (χ0) is 27.4. The molecule has 1 aromatic carbocycles. The van der Waals surface area contributed by atoms with E-state index in [-0.39, 0.29) is 11.5 Å². The first kappa shape index (κ1) is 27.3. The summed E-state index contributed by atoms with van der Waals surface area (Å²) in [6.07, 6.45) is 4.21. The summed E-state index contributed by atoms with van der Waals surface area (Å²) in [5.74, 6) is 0.984. The summed E-state index contributed by atoms with van der Waals surface area (Å²) in [5, 5.41) is 3.37. The van der Waals surface area contributed by atoms with Crippen LogP contribution in [0, 0.1) is 6.92 Å². The predicted octanol–water partition coefficient (Wildman–Crippen LogP) is 3.55. The maximum atomic E-state index is 13.6. The number of hydrogen-bond donors (Lipinski definition) is 1. The molecule has 2 saturated heterocycles. The molecule has 0 saturated carbocycles. The number of ether oxygens (including phenoxy) is 2. The van der Waals surface area contributed by atoms with Crippen molar-refractivity contribution in [3.05, 3.63) is 74.5 Å². The number of aryl methyl sites for hydroxylation is 1. The van der Waals surface area contributed by atoms with E-state index in [0.29, 0.717) is 39.3 Å². The number of aromatic nitrogens is 2. The Morgan fingerprint density at radius 1 is 1.18 bits per heavy atom. The molecule has 0 bridgehead atoms. The lowest BCUT2D eigenvalue weighted by Crippen LogP contribution is -2.37. The molecule has 11 heteroatoms. The van der Waals surface area contributed by atoms with Crippen molar-refractivity contribution in [2.75, 3.05) is 51.8 Å². The Morgan fingerprint density at radius 2 is 1.95 bits per heavy atom. The molecule has 2 fully saturated rings. The van der Waals surface area contributed by atoms with E-state index in [1.165, 1.54) is 16.2 Å². The molecule has 39 heavy (non-hydrogen) atoms. The maximum absolute atomic E-state index is 13.6. The van der Waals surface area contributed by atoms with E-state index >= 15 is 0 Å². The van der Waals surface area contributed by atoms with Gasteiger partial charge in [0.05, 0.1) is 37.3 Å². The van der Waals surface area contributed by atoms with Crippen LogP contribution >= 0.6 is 24.0 Å². The van der Waals surface area contributed by atoms with Crippen LogP contribution in [-0.4, -0.2) is 75.9 Å². The van der Waals surface area contributed by atoms with Crippen LogP contribution in [0.3, 0.4) is 0 Å². The number of nitrogens with one attached hydrogen (secondary N) is 1. The fourth-order valence-electron chi connectivity index (χ4n) is 4.59. The van der Waals surface area contributed by atoms with Gasteiger partial charge in [0.2, 0.25) is 0 Å². The second-order valence-electron chi connectivity index (χ2n) is 9.41. The molecular weight excluding hydrogens is 534 g/mol. The zero-order valence-corrected chi connectivity index (χ0v) is 23.6. The lowest BCUT2D eigenvalue weighted by Gasteiger charge is -2.26. The van der Waals surface area contributed by atoms with E-state index in [1.54, 1.807) is 24.3 Å². The minimum Gasteiger partial charge on any atom is -0.497 e. The van der Waals surface area contributed by atoms with Crippen LogP contribution in [0.25, 0.3) is 11.7 Å². The van der Waals surface area contributed by atoms with Crippen LogP contribution in [0.2, 0.25) is 0 Å². The molecule has 9 nitrogen and oxygen atoms in total. The number of benzene rings is 1. The Bertz CT molecular complexity index is 1470. The molecule has 2 aromatic heterocycles. The number of thioether (sulfide) groups is 1. The first-order valence-corrected chi connectivity index (χ1v) is 14.1. The molecule has 0 radical (unpaired) electrons. The smallest absolute Gasteiger partial charge is 0.267 e. The number of thiocarbonyl (C=S) groups is 1. The summed E-state index contributed by atoms with van der Waals surface area (Å²) in [4.78, 5) is 36.1. The number of hydrogen-bond acceptors (Lipinski definition) is 9. The molecule has 0 atom stereocenters. The summed E-state index contributed by atoms with van der Waals surface area (Å²) in [6.45, 7) is 7.22. The van der Waals surface area contributed by atoms with Crippen molar-refractivity contribution in [1.82, 2.24) is 19.2 Å². The second kappa shape index (κ2) is 12.3. The van der Waals surface area contributed by atoms with Gasteiger partial charge in [0.25, 0.3) is 11.5 Å². The van der Waals surface area contributed by atoms with Crippen LogP contribution in [0.5, 0.6) is 5.75 Å². The van der Waals surface area contributed by atoms with Gasteiger partial charge in [-0.25, -0.2) is 4.98 Å². The van der Waals surface area contributed by atoms with Crippen LogP contribution < -0.4 is 15.6 Å². The van der Waals surface area contributed by atoms with Crippen molar-refractivity contribution >= 4 is 51.7 Å². The van der Waals surface area contributed by atoms with Gasteiger partial charge in [-0.15, -0.1) is 0 Å². The third kappa shape index (κ3) is 6.17. The van der Waals surface area contributed by atoms with Crippen molar-refractivity contribution in [2.24, 2.45) is 0 Å². The normalized spacial score (nSPS) is 17.4. The Morgan fingerprint density at radius 3 is 2.69 bits per heavy atom. The third-order valence-electron chi connectivity index (χ3n) is 6.78. The number of rotatable bonds is 9. The number of anilines is 1. The number of nitrogens with zero attached hydrogens (tertiary/aromatic N) is 4. The van der Waals surface area contributed by atoms with Crippen LogP contribution in [-0.2, 0) is 16.1 Å². The molecule has 2 aliphatic heterocycles. The Labute approximate surface area is 236 Å². The Hall–Kier alpha value is -3.25. The monoisotopic (exact) mass is 565 g/mol. The fourth-order valence-corrected chi connectivity index (χ4v) is 5.83. The lowest BCUT2D eigenvalue weighted by atomic mass is 10.2. The number of fused-ring (bicyclic) bond motifs is 1. The summed E-state index contributed by atoms with van der Waals surface area (Å²) in [7, 11) is 1.61. The molecule has 4 heterocycles. The van der Waals surface area contributed by atoms with E-state index in [0.717, 1.165) is 56.1 Å². The number of carbonyl (C=O) groups is 1. The fraction of sp³-hybridized carbons (Fsp3) is 0.357. The van der Waals surface area contributed by atoms with Gasteiger partial charge < -0.3 is 14.8 Å². The van der Waals surface area contributed by atoms with Gasteiger partial charge in [-0.3, -0.25) is 23.8 Å². The van der Waals surface area contributed by atoms with E-state index in [4.69, 9.17) is 26.7 Å². The molecule has 1 N–H and O–H groups in total. The number of morpholine rings is 1. The first-order valence-electron chi connectivity index (χ1n) is 12.9. The SMILES string of the molecule is COc1ccc(CN2C(=O)C(=Cc3c(NCCCN4CCOCC4)nc4c(C)cccn4c3=O)SC2=S)cc1. The number of carbonyl (C=O) groups excluding carboxylic acids is 1. The van der Waals surface area contributed by atoms with Gasteiger partial charge in [0.15, 0.2) is 0 Å². The van der Waals surface area contributed by atoms with E-state index in [2.05, 4.69) is 10.2 Å². The molecule has 3 aromatic rings. The van der Waals surface area contributed by atoms with Crippen molar-refractivity contribution in [2.45, 2.75) is 19.9 Å². The van der Waals surface area contributed by atoms with Crippen LogP contribution in [0.1, 0.15) is 23.1 Å². The summed E-state index contributed by atoms with van der Waals surface area (Å²) < 4.78 is 12.6. The minimum atomic E-state index is -0.236. The average Bonchev–Trinajstić information content (AvgIpc) is 3.21. The van der Waals surface area contributed by atoms with E-state index < -0.39 is 0 Å². The molecule has 2 aliphatic rings. The molecular formula is C28H31N5O4S2. The van der Waals surface area contributed by atoms with Gasteiger partial charge in [-0.2, -0.15) is 0 Å². The minimum absolute atomic E-state index is 0.229. The standard InChI is InChI=1S/C28H31N5O4S2/c1-19-5-3-12-32-25(19)30-24(29-10-4-11-31-13-15-37-16-14-31)22(26(32)34)17-23-27(35)33(28(38)39-23)18-20-6-8-21(36-2)9-7-20/h3,5-9,12,17,29H,4,10-11,13-16,18H2,1-2H3. The molecule has 0 aliphatic carbocycles. The quantitative estimate of drug-likeness (QED) is 0.238. The summed E-state index contributed by atoms with van der Waals surface area (Å²) >= 11 is 6.74. The van der Waals surface area contributed by atoms with Gasteiger partial charge in [0.1, 0.15) is 21.5 Å². The van der Waals surface area contributed by atoms with Crippen LogP contribution in [0.4, 0.5) is 5.82 Å². The largest absolute Gasteiger partial charge is 0.497 e. The van der Waals surface area contributed by atoms with Crippen molar-refractivity contribution in [3.63, 3.8) is 0 Å². The molecule has 5 rings (SSSR count). The van der Waals surface area contributed by atoms with Gasteiger partial charge >= 0.3 is 0 Å². The maximum Gasteiger partial charge on any atom is 0.267 e. The number of pyridine rings is 1. The lowest BCUT2D eigenvalue weighted by molar-refractivity contribution is -0.122. The van der Waals surface area contributed by atoms with Gasteiger partial charge in [-0.05, 0) is 55.3 Å². The highest BCUT2D eigenvalue weighted by Crippen LogP contribution is 2.34. The number of amides is 1. The van der Waals surface area contributed by atoms with E-state index in [1.807, 2.05) is 43.3 Å². The highest BCUT2D eigenvalue weighted by Gasteiger charge is 2.32. The van der Waals surface area contributed by atoms with E-state index in [9.17, 15) is 9.59 Å². The highest BCUT2D eigenvalue weighted by atomic mass is 32.2. The third-order valence-corrected chi connectivity index (χ3v) is 8.16. The predicted molar refractivity (Wildman–Crippen MR) is 158 cm³/mol. The van der Waals surface area contributed by atoms with Crippen molar-refractivity contribution < 1.29 is 14.3 Å². The molecule has 0 spiro atoms. The number of methoxy groups -OCH3 is 1. The topological polar surface area (TPSA) is 88.4 Å². The molecule has 1 amide bonds. The Kier molecular flexibility index (Phi) is 8.61. The second-order valence-corrected chi connectivity index (χ2v) is 11.1. The van der Waals surface area contributed by atoms with Gasteiger partial charge in [-0.1, -0.05) is 42.2 Å². The van der Waals surface area contributed by atoms with Gasteiger partial charge in [0, 0.05) is 25.8 Å².